The maximum atomic E-state index is 12.6. The van der Waals surface area contributed by atoms with E-state index in [0.29, 0.717) is 6.04 Å². The van der Waals surface area contributed by atoms with Gasteiger partial charge in [0.15, 0.2) is 0 Å². The van der Waals surface area contributed by atoms with Crippen molar-refractivity contribution in [2.75, 3.05) is 39.8 Å². The van der Waals surface area contributed by atoms with Gasteiger partial charge in [0.05, 0.1) is 16.9 Å². The summed E-state index contributed by atoms with van der Waals surface area (Å²) < 4.78 is 0.826. The van der Waals surface area contributed by atoms with Crippen LogP contribution < -0.4 is 5.32 Å². The quantitative estimate of drug-likeness (QED) is 0.758. The van der Waals surface area contributed by atoms with Crippen LogP contribution >= 0.6 is 22.9 Å². The zero-order valence-corrected chi connectivity index (χ0v) is 17.0. The van der Waals surface area contributed by atoms with Crippen LogP contribution in [0.5, 0.6) is 0 Å². The van der Waals surface area contributed by atoms with Gasteiger partial charge in [-0.3, -0.25) is 19.4 Å². The number of carbonyl (C=O) groups is 2. The Balaban J connectivity index is 1.42. The molecule has 2 heterocycles. The van der Waals surface area contributed by atoms with Gasteiger partial charge in [0.25, 0.3) is 0 Å². The summed E-state index contributed by atoms with van der Waals surface area (Å²) in [5.41, 5.74) is 0. The van der Waals surface area contributed by atoms with Crippen LogP contribution in [-0.2, 0) is 16.1 Å². The molecule has 1 unspecified atom stereocenters. The molecule has 6 nitrogen and oxygen atoms in total. The zero-order valence-electron chi connectivity index (χ0n) is 15.4. The van der Waals surface area contributed by atoms with Crippen LogP contribution in [0.15, 0.2) is 12.1 Å². The fourth-order valence-corrected chi connectivity index (χ4v) is 4.37. The molecule has 2 fully saturated rings. The largest absolute Gasteiger partial charge is 0.352 e. The van der Waals surface area contributed by atoms with Crippen molar-refractivity contribution in [3.8, 4) is 0 Å². The highest BCUT2D eigenvalue weighted by Gasteiger charge is 2.29. The first-order valence-corrected chi connectivity index (χ1v) is 10.4. The molecule has 1 saturated heterocycles. The van der Waals surface area contributed by atoms with E-state index >= 15 is 0 Å². The Bertz CT molecular complexity index is 641. The van der Waals surface area contributed by atoms with E-state index in [0.717, 1.165) is 49.9 Å². The lowest BCUT2D eigenvalue weighted by Crippen LogP contribution is -2.54. The molecule has 1 N–H and O–H groups in total. The summed E-state index contributed by atoms with van der Waals surface area (Å²) in [4.78, 5) is 31.9. The lowest BCUT2D eigenvalue weighted by Gasteiger charge is -2.38. The number of amides is 2. The number of hydrogen-bond acceptors (Lipinski definition) is 5. The van der Waals surface area contributed by atoms with Crippen LogP contribution in [0.3, 0.4) is 0 Å². The van der Waals surface area contributed by atoms with Gasteiger partial charge >= 0.3 is 0 Å². The fraction of sp³-hybridized carbons (Fsp3) is 0.667. The van der Waals surface area contributed by atoms with Crippen molar-refractivity contribution in [3.05, 3.63) is 21.3 Å². The molecule has 1 aromatic rings. The number of piperazine rings is 1. The average Bonchev–Trinajstić information content (AvgIpc) is 3.33. The number of hydrogen-bond donors (Lipinski definition) is 1. The molecule has 144 valence electrons. The predicted molar refractivity (Wildman–Crippen MR) is 104 cm³/mol. The molecule has 2 aliphatic rings. The smallest absolute Gasteiger partial charge is 0.239 e. The second-order valence-electron chi connectivity index (χ2n) is 7.23. The van der Waals surface area contributed by atoms with Gasteiger partial charge in [0.1, 0.15) is 0 Å². The van der Waals surface area contributed by atoms with Crippen LogP contribution in [0.25, 0.3) is 0 Å². The molecule has 1 aromatic heterocycles. The van der Waals surface area contributed by atoms with Crippen LogP contribution in [0.4, 0.5) is 0 Å². The van der Waals surface area contributed by atoms with E-state index < -0.39 is 0 Å². The third-order valence-electron chi connectivity index (χ3n) is 5.02. The van der Waals surface area contributed by atoms with Gasteiger partial charge in [-0.15, -0.1) is 11.3 Å². The summed E-state index contributed by atoms with van der Waals surface area (Å²) in [6.45, 7) is 6.56. The Morgan fingerprint density at radius 1 is 1.31 bits per heavy atom. The first-order chi connectivity index (χ1) is 12.4. The summed E-state index contributed by atoms with van der Waals surface area (Å²) in [6.07, 6.45) is 2.11. The molecular formula is C18H27ClN4O2S. The molecule has 26 heavy (non-hydrogen) atoms. The highest BCUT2D eigenvalue weighted by atomic mass is 35.5. The van der Waals surface area contributed by atoms with Gasteiger partial charge < -0.3 is 10.2 Å². The van der Waals surface area contributed by atoms with Gasteiger partial charge in [0.2, 0.25) is 11.8 Å². The van der Waals surface area contributed by atoms with E-state index in [9.17, 15) is 9.59 Å². The summed E-state index contributed by atoms with van der Waals surface area (Å²) in [7, 11) is 1.71. The van der Waals surface area contributed by atoms with Crippen molar-refractivity contribution >= 4 is 34.8 Å². The van der Waals surface area contributed by atoms with Crippen LogP contribution in [0, 0.1) is 0 Å². The lowest BCUT2D eigenvalue weighted by molar-refractivity contribution is -0.139. The summed E-state index contributed by atoms with van der Waals surface area (Å²) in [5, 5.41) is 2.93. The minimum absolute atomic E-state index is 0.00874. The topological polar surface area (TPSA) is 55.9 Å². The number of thiophene rings is 1. The molecule has 8 heteroatoms. The molecular weight excluding hydrogens is 372 g/mol. The van der Waals surface area contributed by atoms with Crippen molar-refractivity contribution in [2.45, 2.75) is 38.4 Å². The van der Waals surface area contributed by atoms with Gasteiger partial charge in [-0.1, -0.05) is 11.6 Å². The van der Waals surface area contributed by atoms with Crippen molar-refractivity contribution in [3.63, 3.8) is 0 Å². The van der Waals surface area contributed by atoms with Crippen molar-refractivity contribution in [1.82, 2.24) is 20.0 Å². The molecule has 0 bridgehead atoms. The number of carbonyl (C=O) groups excluding carboxylic acids is 2. The summed E-state index contributed by atoms with van der Waals surface area (Å²) in [6, 6.07) is 4.14. The third kappa shape index (κ3) is 5.42. The maximum Gasteiger partial charge on any atom is 0.239 e. The first kappa shape index (κ1) is 19.6. The SMILES string of the molecule is CC(C(=O)N(C)CC(=O)NC1CC1)N1CCN(Cc2ccc(Cl)s2)CC1. The van der Waals surface area contributed by atoms with Gasteiger partial charge in [-0.05, 0) is 31.9 Å². The second-order valence-corrected chi connectivity index (χ2v) is 9.03. The van der Waals surface area contributed by atoms with Gasteiger partial charge in [0, 0.05) is 50.7 Å². The number of halogens is 1. The van der Waals surface area contributed by atoms with E-state index in [1.807, 2.05) is 13.0 Å². The van der Waals surface area contributed by atoms with Crippen LogP contribution in [0.1, 0.15) is 24.6 Å². The molecule has 0 radical (unpaired) electrons. The number of nitrogens with zero attached hydrogens (tertiary/aromatic N) is 3. The Morgan fingerprint density at radius 2 is 2.00 bits per heavy atom. The number of nitrogens with one attached hydrogen (secondary N) is 1. The molecule has 0 spiro atoms. The minimum atomic E-state index is -0.202. The van der Waals surface area contributed by atoms with E-state index in [-0.39, 0.29) is 24.4 Å². The zero-order chi connectivity index (χ0) is 18.7. The monoisotopic (exact) mass is 398 g/mol. The number of rotatable bonds is 7. The number of likely N-dealkylation sites (N-methyl/N-ethyl adjacent to an activating group) is 1. The Labute approximate surface area is 164 Å². The van der Waals surface area contributed by atoms with Crippen LogP contribution in [-0.4, -0.2) is 78.4 Å². The van der Waals surface area contributed by atoms with E-state index in [2.05, 4.69) is 21.2 Å². The summed E-state index contributed by atoms with van der Waals surface area (Å²) >= 11 is 7.62. The van der Waals surface area contributed by atoms with Gasteiger partial charge in [-0.25, -0.2) is 0 Å². The van der Waals surface area contributed by atoms with E-state index in [1.165, 1.54) is 4.88 Å². The highest BCUT2D eigenvalue weighted by Crippen LogP contribution is 2.23. The minimum Gasteiger partial charge on any atom is -0.352 e. The highest BCUT2D eigenvalue weighted by molar-refractivity contribution is 7.16. The first-order valence-electron chi connectivity index (χ1n) is 9.17. The second kappa shape index (κ2) is 8.69. The fourth-order valence-electron chi connectivity index (χ4n) is 3.24. The molecule has 3 rings (SSSR count). The molecule has 2 amide bonds. The third-order valence-corrected chi connectivity index (χ3v) is 6.24. The molecule has 1 atom stereocenters. The maximum absolute atomic E-state index is 12.6. The van der Waals surface area contributed by atoms with E-state index in [4.69, 9.17) is 11.6 Å². The van der Waals surface area contributed by atoms with Crippen molar-refractivity contribution in [1.29, 1.82) is 0 Å². The van der Waals surface area contributed by atoms with E-state index in [1.54, 1.807) is 23.3 Å². The predicted octanol–water partition coefficient (Wildman–Crippen LogP) is 1.64. The van der Waals surface area contributed by atoms with Crippen molar-refractivity contribution in [2.24, 2.45) is 0 Å². The van der Waals surface area contributed by atoms with Crippen LogP contribution in [0.2, 0.25) is 4.34 Å². The molecule has 1 aliphatic heterocycles. The molecule has 1 saturated carbocycles. The summed E-state index contributed by atoms with van der Waals surface area (Å²) in [5.74, 6) is -0.0515. The lowest BCUT2D eigenvalue weighted by atomic mass is 10.2. The Morgan fingerprint density at radius 3 is 2.58 bits per heavy atom. The average molecular weight is 399 g/mol. The Hall–Kier alpha value is -1.15. The standard InChI is InChI=1S/C18H27ClN4O2S/c1-13(18(25)21(2)12-17(24)20-14-3-4-14)23-9-7-22(8-10-23)11-15-5-6-16(19)26-15/h5-6,13-14H,3-4,7-12H2,1-2H3,(H,20,24). The molecule has 1 aliphatic carbocycles. The molecule has 0 aromatic carbocycles. The van der Waals surface area contributed by atoms with Gasteiger partial charge in [-0.2, -0.15) is 0 Å². The normalized spacial score (nSPS) is 20.0. The Kier molecular flexibility index (Phi) is 6.55. The van der Waals surface area contributed by atoms with Crippen molar-refractivity contribution < 1.29 is 9.59 Å².